The second-order valence-corrected chi connectivity index (χ2v) is 8.61. The number of hydrogen-bond acceptors (Lipinski definition) is 4. The van der Waals surface area contributed by atoms with Crippen molar-refractivity contribution in [3.63, 3.8) is 0 Å². The molecule has 1 N–H and O–H groups in total. The third-order valence-corrected chi connectivity index (χ3v) is 6.37. The molecule has 1 heterocycles. The average molecular weight is 434 g/mol. The first-order valence-corrected chi connectivity index (χ1v) is 10.2. The molecule has 0 bridgehead atoms. The third-order valence-electron chi connectivity index (χ3n) is 3.83. The van der Waals surface area contributed by atoms with Crippen LogP contribution in [0.2, 0.25) is 0 Å². The Morgan fingerprint density at radius 1 is 1.12 bits per heavy atom. The minimum absolute atomic E-state index is 0.0128. The largest absolute Gasteiger partial charge is 0.459 e. The molecule has 0 saturated heterocycles. The zero-order valence-corrected chi connectivity index (χ0v) is 16.3. The standard InChI is InChI=1S/C19H16BrNO4S/c1-13-7-8-15(11-17(13)20)21-19(22)18-14(9-10-25-18)12-26(23,24)16-5-3-2-4-6-16/h2-11H,12H2,1H3,(H,21,22). The minimum atomic E-state index is -3.57. The number of nitrogens with one attached hydrogen (secondary N) is 1. The Morgan fingerprint density at radius 3 is 2.54 bits per heavy atom. The van der Waals surface area contributed by atoms with Gasteiger partial charge in [0.2, 0.25) is 0 Å². The fraction of sp³-hybridized carbons (Fsp3) is 0.105. The lowest BCUT2D eigenvalue weighted by atomic mass is 10.2. The maximum Gasteiger partial charge on any atom is 0.291 e. The topological polar surface area (TPSA) is 76.4 Å². The van der Waals surface area contributed by atoms with Crippen LogP contribution in [-0.2, 0) is 15.6 Å². The van der Waals surface area contributed by atoms with E-state index in [-0.39, 0.29) is 16.4 Å². The quantitative estimate of drug-likeness (QED) is 0.638. The SMILES string of the molecule is Cc1ccc(NC(=O)c2occc2CS(=O)(=O)c2ccccc2)cc1Br. The highest BCUT2D eigenvalue weighted by atomic mass is 79.9. The van der Waals surface area contributed by atoms with Crippen molar-refractivity contribution in [1.29, 1.82) is 0 Å². The molecule has 0 unspecified atom stereocenters. The molecule has 2 aromatic carbocycles. The van der Waals surface area contributed by atoms with Gasteiger partial charge in [0, 0.05) is 15.7 Å². The first-order valence-electron chi connectivity index (χ1n) is 7.78. The van der Waals surface area contributed by atoms with Gasteiger partial charge in [-0.1, -0.05) is 40.2 Å². The molecule has 0 spiro atoms. The van der Waals surface area contributed by atoms with Gasteiger partial charge in [-0.2, -0.15) is 0 Å². The molecule has 1 amide bonds. The monoisotopic (exact) mass is 433 g/mol. The Kier molecular flexibility index (Phi) is 5.29. The van der Waals surface area contributed by atoms with Crippen molar-refractivity contribution in [2.45, 2.75) is 17.6 Å². The average Bonchev–Trinajstić information content (AvgIpc) is 3.06. The van der Waals surface area contributed by atoms with Gasteiger partial charge in [0.15, 0.2) is 15.6 Å². The van der Waals surface area contributed by atoms with Gasteiger partial charge in [0.05, 0.1) is 16.9 Å². The van der Waals surface area contributed by atoms with Crippen molar-refractivity contribution in [2.24, 2.45) is 0 Å². The van der Waals surface area contributed by atoms with E-state index in [4.69, 9.17) is 4.42 Å². The van der Waals surface area contributed by atoms with E-state index in [1.54, 1.807) is 30.3 Å². The molecule has 7 heteroatoms. The number of anilines is 1. The van der Waals surface area contributed by atoms with Gasteiger partial charge in [-0.3, -0.25) is 4.79 Å². The van der Waals surface area contributed by atoms with E-state index in [0.717, 1.165) is 10.0 Å². The fourth-order valence-corrected chi connectivity index (χ4v) is 4.18. The highest BCUT2D eigenvalue weighted by Gasteiger charge is 2.22. The summed E-state index contributed by atoms with van der Waals surface area (Å²) in [7, 11) is -3.57. The molecule has 0 saturated carbocycles. The van der Waals surface area contributed by atoms with Crippen LogP contribution in [0, 0.1) is 6.92 Å². The molecule has 0 aliphatic heterocycles. The van der Waals surface area contributed by atoms with Gasteiger partial charge in [0.1, 0.15) is 0 Å². The smallest absolute Gasteiger partial charge is 0.291 e. The van der Waals surface area contributed by atoms with Gasteiger partial charge >= 0.3 is 0 Å². The summed E-state index contributed by atoms with van der Waals surface area (Å²) < 4.78 is 31.2. The second kappa shape index (κ2) is 7.47. The molecule has 134 valence electrons. The number of amides is 1. The molecule has 1 aromatic heterocycles. The van der Waals surface area contributed by atoms with Crippen LogP contribution in [-0.4, -0.2) is 14.3 Å². The number of carbonyl (C=O) groups is 1. The van der Waals surface area contributed by atoms with Crippen LogP contribution in [0.5, 0.6) is 0 Å². The van der Waals surface area contributed by atoms with Gasteiger partial charge in [-0.25, -0.2) is 8.42 Å². The number of benzene rings is 2. The molecule has 0 radical (unpaired) electrons. The van der Waals surface area contributed by atoms with Gasteiger partial charge in [0.25, 0.3) is 5.91 Å². The number of carbonyl (C=O) groups excluding carboxylic acids is 1. The zero-order chi connectivity index (χ0) is 18.7. The summed E-state index contributed by atoms with van der Waals surface area (Å²) in [6.07, 6.45) is 1.32. The summed E-state index contributed by atoms with van der Waals surface area (Å²) in [5.41, 5.74) is 1.94. The van der Waals surface area contributed by atoms with Crippen molar-refractivity contribution in [3.05, 3.63) is 82.2 Å². The highest BCUT2D eigenvalue weighted by Crippen LogP contribution is 2.23. The maximum atomic E-state index is 12.5. The molecular formula is C19H16BrNO4S. The predicted octanol–water partition coefficient (Wildman–Crippen LogP) is 4.58. The summed E-state index contributed by atoms with van der Waals surface area (Å²) in [5.74, 6) is -0.821. The third kappa shape index (κ3) is 4.05. The van der Waals surface area contributed by atoms with E-state index in [2.05, 4.69) is 21.2 Å². The normalized spacial score (nSPS) is 11.3. The fourth-order valence-electron chi connectivity index (χ4n) is 2.42. The minimum Gasteiger partial charge on any atom is -0.459 e. The molecule has 0 aliphatic rings. The van der Waals surface area contributed by atoms with Crippen LogP contribution < -0.4 is 5.32 Å². The van der Waals surface area contributed by atoms with Crippen LogP contribution in [0.3, 0.4) is 0 Å². The summed E-state index contributed by atoms with van der Waals surface area (Å²) in [5, 5.41) is 2.72. The lowest BCUT2D eigenvalue weighted by Crippen LogP contribution is -2.14. The summed E-state index contributed by atoms with van der Waals surface area (Å²) in [6.45, 7) is 1.94. The molecule has 26 heavy (non-hydrogen) atoms. The predicted molar refractivity (Wildman–Crippen MR) is 103 cm³/mol. The van der Waals surface area contributed by atoms with E-state index in [9.17, 15) is 13.2 Å². The van der Waals surface area contributed by atoms with Crippen LogP contribution in [0.25, 0.3) is 0 Å². The van der Waals surface area contributed by atoms with Crippen molar-refractivity contribution < 1.29 is 17.6 Å². The molecule has 0 atom stereocenters. The molecule has 5 nitrogen and oxygen atoms in total. The van der Waals surface area contributed by atoms with Gasteiger partial charge in [-0.05, 0) is 42.8 Å². The molecule has 3 aromatic rings. The molecule has 0 fully saturated rings. The van der Waals surface area contributed by atoms with E-state index in [1.165, 1.54) is 24.5 Å². The van der Waals surface area contributed by atoms with Gasteiger partial charge in [-0.15, -0.1) is 0 Å². The first kappa shape index (κ1) is 18.4. The van der Waals surface area contributed by atoms with Gasteiger partial charge < -0.3 is 9.73 Å². The highest BCUT2D eigenvalue weighted by molar-refractivity contribution is 9.10. The van der Waals surface area contributed by atoms with Crippen LogP contribution in [0.15, 0.2) is 74.6 Å². The van der Waals surface area contributed by atoms with E-state index >= 15 is 0 Å². The molecule has 3 rings (SSSR count). The maximum absolute atomic E-state index is 12.5. The van der Waals surface area contributed by atoms with Crippen molar-refractivity contribution in [3.8, 4) is 0 Å². The van der Waals surface area contributed by atoms with E-state index in [1.807, 2.05) is 13.0 Å². The van der Waals surface area contributed by atoms with E-state index in [0.29, 0.717) is 11.3 Å². The van der Waals surface area contributed by atoms with Crippen molar-refractivity contribution >= 4 is 37.4 Å². The number of rotatable bonds is 5. The Morgan fingerprint density at radius 2 is 1.85 bits per heavy atom. The lowest BCUT2D eigenvalue weighted by Gasteiger charge is -2.08. The Hall–Kier alpha value is -2.38. The Bertz CT molecular complexity index is 1040. The first-order chi connectivity index (χ1) is 12.4. The van der Waals surface area contributed by atoms with E-state index < -0.39 is 15.7 Å². The Balaban J connectivity index is 1.82. The number of furan rings is 1. The summed E-state index contributed by atoms with van der Waals surface area (Å²) in [4.78, 5) is 12.7. The number of sulfone groups is 1. The van der Waals surface area contributed by atoms with Crippen LogP contribution >= 0.6 is 15.9 Å². The lowest BCUT2D eigenvalue weighted by molar-refractivity contribution is 0.0996. The van der Waals surface area contributed by atoms with Crippen LogP contribution in [0.1, 0.15) is 21.7 Å². The zero-order valence-electron chi connectivity index (χ0n) is 13.9. The summed E-state index contributed by atoms with van der Waals surface area (Å²) >= 11 is 3.41. The van der Waals surface area contributed by atoms with Crippen molar-refractivity contribution in [1.82, 2.24) is 0 Å². The molecule has 0 aliphatic carbocycles. The van der Waals surface area contributed by atoms with Crippen molar-refractivity contribution in [2.75, 3.05) is 5.32 Å². The number of halogens is 1. The second-order valence-electron chi connectivity index (χ2n) is 5.77. The number of hydrogen-bond donors (Lipinski definition) is 1. The summed E-state index contributed by atoms with van der Waals surface area (Å²) in [6, 6.07) is 15.0. The van der Waals surface area contributed by atoms with Crippen LogP contribution in [0.4, 0.5) is 5.69 Å². The molecular weight excluding hydrogens is 418 g/mol. The number of aryl methyl sites for hydroxylation is 1. The Labute approximate surface area is 160 Å².